The van der Waals surface area contributed by atoms with Crippen molar-refractivity contribution in [2.24, 2.45) is 0 Å². The van der Waals surface area contributed by atoms with Crippen LogP contribution in [0.1, 0.15) is 34.7 Å². The summed E-state index contributed by atoms with van der Waals surface area (Å²) in [6, 6.07) is 15.3. The van der Waals surface area contributed by atoms with Gasteiger partial charge in [-0.15, -0.1) is 0 Å². The van der Waals surface area contributed by atoms with Gasteiger partial charge in [-0.25, -0.2) is 9.50 Å². The van der Waals surface area contributed by atoms with E-state index in [-0.39, 0.29) is 33.1 Å². The smallest absolute Gasteiger partial charge is 0.344 e. The van der Waals surface area contributed by atoms with Gasteiger partial charge in [0.2, 0.25) is 0 Å². The van der Waals surface area contributed by atoms with E-state index in [1.54, 1.807) is 6.92 Å². The second-order valence-electron chi connectivity index (χ2n) is 7.06. The molecule has 1 atom stereocenters. The number of nitrogens with zero attached hydrogens (tertiary/aromatic N) is 3. The lowest BCUT2D eigenvalue weighted by Gasteiger charge is -2.13. The van der Waals surface area contributed by atoms with Crippen LogP contribution in [-0.4, -0.2) is 20.5 Å². The number of alkyl halides is 3. The number of hydrogen-bond donors (Lipinski definition) is 1. The lowest BCUT2D eigenvalue weighted by molar-refractivity contribution is -0.142. The summed E-state index contributed by atoms with van der Waals surface area (Å²) in [5, 5.41) is 7.05. The average molecular weight is 479 g/mol. The quantitative estimate of drug-likeness (QED) is 0.379. The van der Waals surface area contributed by atoms with Gasteiger partial charge in [-0.1, -0.05) is 59.6 Å². The third-order valence-electron chi connectivity index (χ3n) is 4.81. The largest absolute Gasteiger partial charge is 0.433 e. The van der Waals surface area contributed by atoms with E-state index >= 15 is 0 Å². The Morgan fingerprint density at radius 1 is 1.03 bits per heavy atom. The highest BCUT2D eigenvalue weighted by atomic mass is 35.5. The number of aromatic nitrogens is 3. The molecule has 2 aromatic carbocycles. The van der Waals surface area contributed by atoms with Gasteiger partial charge >= 0.3 is 6.18 Å². The standard InChI is InChI=1S/C22H15Cl2F3N4O/c1-12(13-5-3-2-4-6-13)28-21(32)18-11-20-29-17(14-7-8-15(23)16(24)9-14)10-19(22(25,26)27)31(20)30-18/h2-12H,1H3,(H,28,32)/t12-/m0/s1. The molecule has 0 unspecified atom stereocenters. The highest BCUT2D eigenvalue weighted by molar-refractivity contribution is 6.42. The Balaban J connectivity index is 1.75. The third kappa shape index (κ3) is 4.42. The minimum Gasteiger partial charge on any atom is -0.344 e. The van der Waals surface area contributed by atoms with Crippen LogP contribution in [0.2, 0.25) is 10.0 Å². The molecule has 0 aliphatic rings. The molecule has 1 N–H and O–H groups in total. The zero-order chi connectivity index (χ0) is 23.0. The van der Waals surface area contributed by atoms with Gasteiger partial charge in [-0.05, 0) is 30.7 Å². The van der Waals surface area contributed by atoms with Crippen LogP contribution in [0.5, 0.6) is 0 Å². The second-order valence-corrected chi connectivity index (χ2v) is 7.87. The van der Waals surface area contributed by atoms with E-state index < -0.39 is 17.8 Å². The van der Waals surface area contributed by atoms with Gasteiger partial charge in [0.1, 0.15) is 0 Å². The summed E-state index contributed by atoms with van der Waals surface area (Å²) in [7, 11) is 0. The number of benzene rings is 2. The van der Waals surface area contributed by atoms with Gasteiger partial charge in [-0.2, -0.15) is 18.3 Å². The van der Waals surface area contributed by atoms with E-state index in [0.717, 1.165) is 11.6 Å². The molecule has 0 aliphatic heterocycles. The first-order chi connectivity index (χ1) is 15.1. The van der Waals surface area contributed by atoms with Crippen molar-refractivity contribution < 1.29 is 18.0 Å². The number of hydrogen-bond acceptors (Lipinski definition) is 3. The third-order valence-corrected chi connectivity index (χ3v) is 5.55. The average Bonchev–Trinajstić information content (AvgIpc) is 3.19. The van der Waals surface area contributed by atoms with Crippen LogP contribution in [-0.2, 0) is 6.18 Å². The Kier molecular flexibility index (Phi) is 5.83. The molecule has 4 aromatic rings. The summed E-state index contributed by atoms with van der Waals surface area (Å²) >= 11 is 11.9. The first-order valence-electron chi connectivity index (χ1n) is 9.43. The fourth-order valence-corrected chi connectivity index (χ4v) is 3.48. The minimum atomic E-state index is -4.73. The Labute approximate surface area is 190 Å². The summed E-state index contributed by atoms with van der Waals surface area (Å²) in [6.07, 6.45) is -4.73. The molecular weight excluding hydrogens is 464 g/mol. The topological polar surface area (TPSA) is 59.3 Å². The van der Waals surface area contributed by atoms with Crippen molar-refractivity contribution in [3.05, 3.63) is 87.7 Å². The molecule has 0 aliphatic carbocycles. The van der Waals surface area contributed by atoms with Gasteiger partial charge < -0.3 is 5.32 Å². The van der Waals surface area contributed by atoms with Crippen molar-refractivity contribution in [2.45, 2.75) is 19.1 Å². The summed E-state index contributed by atoms with van der Waals surface area (Å²) < 4.78 is 41.9. The molecule has 2 aromatic heterocycles. The first-order valence-corrected chi connectivity index (χ1v) is 10.2. The molecule has 5 nitrogen and oxygen atoms in total. The number of fused-ring (bicyclic) bond motifs is 1. The Bertz CT molecular complexity index is 1310. The number of amides is 1. The van der Waals surface area contributed by atoms with Gasteiger partial charge in [-0.3, -0.25) is 4.79 Å². The van der Waals surface area contributed by atoms with Gasteiger partial charge in [0.15, 0.2) is 17.0 Å². The summed E-state index contributed by atoms with van der Waals surface area (Å²) in [5.74, 6) is -0.615. The molecule has 1 amide bonds. The summed E-state index contributed by atoms with van der Waals surface area (Å²) in [4.78, 5) is 16.9. The zero-order valence-corrected chi connectivity index (χ0v) is 18.0. The van der Waals surface area contributed by atoms with Crippen LogP contribution in [0.25, 0.3) is 16.9 Å². The van der Waals surface area contributed by atoms with E-state index in [4.69, 9.17) is 23.2 Å². The minimum absolute atomic E-state index is 0.0212. The van der Waals surface area contributed by atoms with E-state index in [1.807, 2.05) is 30.3 Å². The molecule has 0 spiro atoms. The van der Waals surface area contributed by atoms with Gasteiger partial charge in [0.05, 0.1) is 21.8 Å². The van der Waals surface area contributed by atoms with E-state index in [9.17, 15) is 18.0 Å². The fourth-order valence-electron chi connectivity index (χ4n) is 3.19. The molecule has 0 saturated carbocycles. The Morgan fingerprint density at radius 3 is 2.41 bits per heavy atom. The fraction of sp³-hybridized carbons (Fsp3) is 0.136. The summed E-state index contributed by atoms with van der Waals surface area (Å²) in [6.45, 7) is 1.77. The van der Waals surface area contributed by atoms with Gasteiger partial charge in [0, 0.05) is 11.6 Å². The molecule has 32 heavy (non-hydrogen) atoms. The number of rotatable bonds is 4. The van der Waals surface area contributed by atoms with Crippen molar-refractivity contribution in [2.75, 3.05) is 0 Å². The van der Waals surface area contributed by atoms with E-state index in [1.165, 1.54) is 24.3 Å². The lowest BCUT2D eigenvalue weighted by Crippen LogP contribution is -2.27. The van der Waals surface area contributed by atoms with E-state index in [2.05, 4.69) is 15.4 Å². The molecule has 0 bridgehead atoms. The monoisotopic (exact) mass is 478 g/mol. The maximum Gasteiger partial charge on any atom is 0.433 e. The second kappa shape index (κ2) is 8.44. The van der Waals surface area contributed by atoms with Crippen LogP contribution in [0.4, 0.5) is 13.2 Å². The predicted octanol–water partition coefficient (Wildman–Crippen LogP) is 6.21. The Hall–Kier alpha value is -3.10. The first kappa shape index (κ1) is 22.1. The molecule has 2 heterocycles. The van der Waals surface area contributed by atoms with Crippen LogP contribution >= 0.6 is 23.2 Å². The molecule has 4 rings (SSSR count). The number of nitrogens with one attached hydrogen (secondary N) is 1. The van der Waals surface area contributed by atoms with Crippen LogP contribution in [0, 0.1) is 0 Å². The van der Waals surface area contributed by atoms with Crippen molar-refractivity contribution in [1.82, 2.24) is 19.9 Å². The highest BCUT2D eigenvalue weighted by Gasteiger charge is 2.35. The maximum atomic E-state index is 13.8. The molecule has 10 heteroatoms. The number of carbonyl (C=O) groups excluding carboxylic acids is 1. The molecule has 164 valence electrons. The predicted molar refractivity (Wildman–Crippen MR) is 116 cm³/mol. The highest BCUT2D eigenvalue weighted by Crippen LogP contribution is 2.34. The van der Waals surface area contributed by atoms with E-state index in [0.29, 0.717) is 10.1 Å². The lowest BCUT2D eigenvalue weighted by atomic mass is 10.1. The molecule has 0 saturated heterocycles. The summed E-state index contributed by atoms with van der Waals surface area (Å²) in [5.41, 5.74) is -0.167. The number of carbonyl (C=O) groups is 1. The molecular formula is C22H15Cl2F3N4O. The number of halogens is 5. The van der Waals surface area contributed by atoms with Gasteiger partial charge in [0.25, 0.3) is 5.91 Å². The van der Waals surface area contributed by atoms with Crippen molar-refractivity contribution in [3.63, 3.8) is 0 Å². The zero-order valence-electron chi connectivity index (χ0n) is 16.5. The molecule has 0 radical (unpaired) electrons. The molecule has 0 fully saturated rings. The maximum absolute atomic E-state index is 13.8. The normalized spacial score (nSPS) is 12.7. The van der Waals surface area contributed by atoms with Crippen LogP contribution in [0.15, 0.2) is 60.7 Å². The van der Waals surface area contributed by atoms with Crippen molar-refractivity contribution in [3.8, 4) is 11.3 Å². The van der Waals surface area contributed by atoms with Crippen molar-refractivity contribution in [1.29, 1.82) is 0 Å². The van der Waals surface area contributed by atoms with Crippen molar-refractivity contribution >= 4 is 34.8 Å². The van der Waals surface area contributed by atoms with Crippen LogP contribution in [0.3, 0.4) is 0 Å². The Morgan fingerprint density at radius 2 is 1.75 bits per heavy atom. The van der Waals surface area contributed by atoms with Crippen LogP contribution < -0.4 is 5.32 Å². The SMILES string of the molecule is C[C@H](NC(=O)c1cc2nc(-c3ccc(Cl)c(Cl)c3)cc(C(F)(F)F)n2n1)c1ccccc1.